The lowest BCUT2D eigenvalue weighted by atomic mass is 9.86. The molecule has 0 aliphatic heterocycles. The Bertz CT molecular complexity index is 404. The van der Waals surface area contributed by atoms with E-state index in [2.05, 4.69) is 41.9 Å². The number of fused-ring (bicyclic) bond motifs is 1. The summed E-state index contributed by atoms with van der Waals surface area (Å²) in [6.45, 7) is 9.07. The van der Waals surface area contributed by atoms with Gasteiger partial charge in [0.25, 0.3) is 0 Å². The monoisotopic (exact) mass is 234 g/mol. The minimum absolute atomic E-state index is 0.686. The summed E-state index contributed by atoms with van der Waals surface area (Å²) < 4.78 is 1.16. The minimum Gasteiger partial charge on any atom is -0.331 e. The SMILES string of the molecule is CC1C2C3C(C)(C)C34CC(C[N+](C)(C)C)C12C4. The second-order valence-electron chi connectivity index (χ2n) is 9.33. The van der Waals surface area contributed by atoms with Gasteiger partial charge in [0.2, 0.25) is 0 Å². The molecule has 4 aliphatic rings. The molecule has 0 aromatic carbocycles. The molecule has 17 heavy (non-hydrogen) atoms. The summed E-state index contributed by atoms with van der Waals surface area (Å²) in [7, 11) is 7.12. The van der Waals surface area contributed by atoms with Crippen LogP contribution in [0.4, 0.5) is 0 Å². The van der Waals surface area contributed by atoms with E-state index in [-0.39, 0.29) is 0 Å². The lowest BCUT2D eigenvalue weighted by Crippen LogP contribution is -2.41. The smallest absolute Gasteiger partial charge is 0.0814 e. The standard InChI is InChI=1S/C16H28N/c1-10-12-13-14(2,3)15(13)7-11(8-17(4,5)6)16(10,12)9-15/h10-13H,7-9H2,1-6H3/q+1. The Morgan fingerprint density at radius 3 is 2.35 bits per heavy atom. The van der Waals surface area contributed by atoms with E-state index in [1.54, 1.807) is 12.8 Å². The molecule has 1 heteroatoms. The van der Waals surface area contributed by atoms with Crippen LogP contribution in [0, 0.1) is 39.9 Å². The van der Waals surface area contributed by atoms with Crippen LogP contribution >= 0.6 is 0 Å². The van der Waals surface area contributed by atoms with Crippen LogP contribution in [-0.4, -0.2) is 32.2 Å². The van der Waals surface area contributed by atoms with Gasteiger partial charge in [-0.15, -0.1) is 0 Å². The summed E-state index contributed by atoms with van der Waals surface area (Å²) in [6.07, 6.45) is 3.15. The molecule has 0 radical (unpaired) electrons. The fraction of sp³-hybridized carbons (Fsp3) is 1.00. The molecular formula is C16H28N+. The molecule has 4 rings (SSSR count). The van der Waals surface area contributed by atoms with Gasteiger partial charge >= 0.3 is 0 Å². The highest BCUT2D eigenvalue weighted by Gasteiger charge is 2.94. The first-order chi connectivity index (χ1) is 7.67. The molecule has 4 fully saturated rings. The number of hydrogen-bond donors (Lipinski definition) is 0. The summed E-state index contributed by atoms with van der Waals surface area (Å²) in [5.41, 5.74) is 2.29. The van der Waals surface area contributed by atoms with Gasteiger partial charge in [-0.3, -0.25) is 0 Å². The minimum atomic E-state index is 0.686. The van der Waals surface area contributed by atoms with Gasteiger partial charge in [0.15, 0.2) is 0 Å². The summed E-state index contributed by atoms with van der Waals surface area (Å²) in [5.74, 6) is 4.29. The highest BCUT2D eigenvalue weighted by atomic mass is 15.3. The van der Waals surface area contributed by atoms with E-state index in [1.807, 2.05) is 0 Å². The number of nitrogens with zero attached hydrogens (tertiary/aromatic N) is 1. The van der Waals surface area contributed by atoms with Gasteiger partial charge in [0, 0.05) is 5.92 Å². The molecule has 6 atom stereocenters. The molecule has 4 aliphatic carbocycles. The summed E-state index contributed by atoms with van der Waals surface area (Å²) in [4.78, 5) is 0. The quantitative estimate of drug-likeness (QED) is 0.644. The highest BCUT2D eigenvalue weighted by molar-refractivity contribution is 5.41. The van der Waals surface area contributed by atoms with E-state index in [4.69, 9.17) is 0 Å². The van der Waals surface area contributed by atoms with Crippen LogP contribution in [0.3, 0.4) is 0 Å². The summed E-state index contributed by atoms with van der Waals surface area (Å²) in [5, 5.41) is 0. The van der Waals surface area contributed by atoms with Gasteiger partial charge < -0.3 is 4.48 Å². The highest BCUT2D eigenvalue weighted by Crippen LogP contribution is 2.98. The van der Waals surface area contributed by atoms with Crippen LogP contribution in [0.2, 0.25) is 0 Å². The zero-order valence-corrected chi connectivity index (χ0v) is 12.4. The molecule has 1 nitrogen and oxygen atoms in total. The largest absolute Gasteiger partial charge is 0.331 e. The number of rotatable bonds is 2. The lowest BCUT2D eigenvalue weighted by molar-refractivity contribution is -0.874. The van der Waals surface area contributed by atoms with Crippen molar-refractivity contribution < 1.29 is 4.48 Å². The van der Waals surface area contributed by atoms with Crippen LogP contribution in [0.5, 0.6) is 0 Å². The lowest BCUT2D eigenvalue weighted by Gasteiger charge is -2.31. The molecule has 96 valence electrons. The van der Waals surface area contributed by atoms with Crippen LogP contribution < -0.4 is 0 Å². The Kier molecular flexibility index (Phi) is 1.50. The first-order valence-electron chi connectivity index (χ1n) is 7.47. The van der Waals surface area contributed by atoms with Crippen molar-refractivity contribution in [1.29, 1.82) is 0 Å². The molecule has 6 unspecified atom stereocenters. The van der Waals surface area contributed by atoms with E-state index in [0.29, 0.717) is 5.41 Å². The molecule has 0 amide bonds. The zero-order valence-electron chi connectivity index (χ0n) is 12.4. The van der Waals surface area contributed by atoms with Crippen LogP contribution in [-0.2, 0) is 0 Å². The molecule has 0 aromatic heterocycles. The number of hydrogen-bond acceptors (Lipinski definition) is 0. The second kappa shape index (κ2) is 2.35. The third-order valence-electron chi connectivity index (χ3n) is 7.59. The molecule has 0 saturated heterocycles. The van der Waals surface area contributed by atoms with Gasteiger partial charge in [0.05, 0.1) is 27.7 Å². The normalized spacial score (nSPS) is 61.1. The maximum absolute atomic E-state index is 2.56. The Balaban J connectivity index is 1.67. The molecular weight excluding hydrogens is 206 g/mol. The van der Waals surface area contributed by atoms with Gasteiger partial charge in [-0.05, 0) is 46.8 Å². The van der Waals surface area contributed by atoms with Crippen LogP contribution in [0.25, 0.3) is 0 Å². The maximum Gasteiger partial charge on any atom is 0.0814 e. The predicted molar refractivity (Wildman–Crippen MR) is 70.4 cm³/mol. The van der Waals surface area contributed by atoms with Gasteiger partial charge in [-0.2, -0.15) is 0 Å². The van der Waals surface area contributed by atoms with Crippen molar-refractivity contribution in [2.45, 2.75) is 33.6 Å². The molecule has 2 bridgehead atoms. The van der Waals surface area contributed by atoms with Gasteiger partial charge in [0.1, 0.15) is 0 Å². The fourth-order valence-corrected chi connectivity index (χ4v) is 7.01. The molecule has 0 N–H and O–H groups in total. The zero-order chi connectivity index (χ0) is 12.4. The van der Waals surface area contributed by atoms with Crippen molar-refractivity contribution in [3.8, 4) is 0 Å². The Morgan fingerprint density at radius 1 is 1.18 bits per heavy atom. The second-order valence-corrected chi connectivity index (χ2v) is 9.33. The van der Waals surface area contributed by atoms with Crippen molar-refractivity contribution >= 4 is 0 Å². The van der Waals surface area contributed by atoms with Crippen molar-refractivity contribution in [3.05, 3.63) is 0 Å². The Morgan fingerprint density at radius 2 is 1.82 bits per heavy atom. The van der Waals surface area contributed by atoms with E-state index in [1.165, 1.54) is 6.54 Å². The van der Waals surface area contributed by atoms with Gasteiger partial charge in [-0.1, -0.05) is 20.8 Å². The van der Waals surface area contributed by atoms with Crippen molar-refractivity contribution in [2.24, 2.45) is 39.9 Å². The number of quaternary nitrogens is 1. The van der Waals surface area contributed by atoms with Crippen molar-refractivity contribution in [1.82, 2.24) is 0 Å². The first kappa shape index (κ1) is 10.8. The first-order valence-corrected chi connectivity index (χ1v) is 7.47. The van der Waals surface area contributed by atoms with E-state index in [0.717, 1.165) is 39.0 Å². The summed E-state index contributed by atoms with van der Waals surface area (Å²) >= 11 is 0. The molecule has 2 spiro atoms. The van der Waals surface area contributed by atoms with E-state index < -0.39 is 0 Å². The predicted octanol–water partition coefficient (Wildman–Crippen LogP) is 3.01. The third kappa shape index (κ3) is 0.895. The van der Waals surface area contributed by atoms with E-state index >= 15 is 0 Å². The molecule has 0 aromatic rings. The molecule has 0 heterocycles. The van der Waals surface area contributed by atoms with Crippen LogP contribution in [0.15, 0.2) is 0 Å². The third-order valence-corrected chi connectivity index (χ3v) is 7.59. The summed E-state index contributed by atoms with van der Waals surface area (Å²) in [6, 6.07) is 0. The van der Waals surface area contributed by atoms with Crippen molar-refractivity contribution in [2.75, 3.05) is 27.7 Å². The van der Waals surface area contributed by atoms with Gasteiger partial charge in [-0.25, -0.2) is 0 Å². The fourth-order valence-electron chi connectivity index (χ4n) is 7.01. The maximum atomic E-state index is 2.56. The Labute approximate surface area is 106 Å². The Hall–Kier alpha value is -0.0400. The van der Waals surface area contributed by atoms with Crippen LogP contribution in [0.1, 0.15) is 33.6 Å². The average molecular weight is 234 g/mol. The average Bonchev–Trinajstić information content (AvgIpc) is 2.74. The van der Waals surface area contributed by atoms with Crippen molar-refractivity contribution in [3.63, 3.8) is 0 Å². The van der Waals surface area contributed by atoms with E-state index in [9.17, 15) is 0 Å². The molecule has 4 saturated carbocycles. The topological polar surface area (TPSA) is 0 Å².